The maximum Gasteiger partial charge on any atom is 0.253 e. The zero-order chi connectivity index (χ0) is 13.7. The molecule has 5 heteroatoms. The largest absolute Gasteiger partial charge is 0.348 e. The number of aromatic nitrogens is 1. The van der Waals surface area contributed by atoms with E-state index in [4.69, 9.17) is 5.26 Å². The number of nitrogens with one attached hydrogen (secondary N) is 1. The second-order valence-corrected chi connectivity index (χ2v) is 3.86. The second kappa shape index (κ2) is 5.74. The molecule has 1 amide bonds. The smallest absolute Gasteiger partial charge is 0.253 e. The summed E-state index contributed by atoms with van der Waals surface area (Å²) in [6.45, 7) is 0.297. The molecule has 4 nitrogen and oxygen atoms in total. The van der Waals surface area contributed by atoms with E-state index >= 15 is 0 Å². The summed E-state index contributed by atoms with van der Waals surface area (Å²) in [5.74, 6) is -0.965. The fraction of sp³-hybridized carbons (Fsp3) is 0.0714. The first-order valence-electron chi connectivity index (χ1n) is 5.58. The normalized spacial score (nSPS) is 9.68. The lowest BCUT2D eigenvalue weighted by Gasteiger charge is -2.05. The first-order chi connectivity index (χ1) is 9.19. The van der Waals surface area contributed by atoms with Crippen LogP contribution < -0.4 is 5.32 Å². The Kier molecular flexibility index (Phi) is 3.84. The number of amides is 1. The molecule has 2 aromatic rings. The van der Waals surface area contributed by atoms with Crippen LogP contribution in [0, 0.1) is 17.3 Å². The Hall–Kier alpha value is -2.74. The van der Waals surface area contributed by atoms with Gasteiger partial charge in [0, 0.05) is 12.7 Å². The number of halogens is 1. The van der Waals surface area contributed by atoms with Crippen molar-refractivity contribution in [1.29, 1.82) is 5.26 Å². The molecule has 1 aromatic heterocycles. The average molecular weight is 255 g/mol. The van der Waals surface area contributed by atoms with Crippen LogP contribution in [0.2, 0.25) is 0 Å². The van der Waals surface area contributed by atoms with Gasteiger partial charge in [0.2, 0.25) is 5.95 Å². The van der Waals surface area contributed by atoms with Gasteiger partial charge in [-0.2, -0.15) is 9.65 Å². The number of nitriles is 1. The van der Waals surface area contributed by atoms with Crippen molar-refractivity contribution in [3.63, 3.8) is 0 Å². The Morgan fingerprint density at radius 1 is 1.37 bits per heavy atom. The van der Waals surface area contributed by atoms with Gasteiger partial charge in [-0.3, -0.25) is 4.79 Å². The molecule has 1 aromatic carbocycles. The van der Waals surface area contributed by atoms with Gasteiger partial charge in [0.25, 0.3) is 5.91 Å². The van der Waals surface area contributed by atoms with Gasteiger partial charge in [-0.1, -0.05) is 12.1 Å². The minimum atomic E-state index is -0.627. The number of hydrogen-bond donors (Lipinski definition) is 1. The average Bonchev–Trinajstić information content (AvgIpc) is 2.46. The first-order valence-corrected chi connectivity index (χ1v) is 5.58. The highest BCUT2D eigenvalue weighted by Gasteiger charge is 2.06. The highest BCUT2D eigenvalue weighted by Crippen LogP contribution is 2.05. The van der Waals surface area contributed by atoms with Gasteiger partial charge >= 0.3 is 0 Å². The molecular weight excluding hydrogens is 245 g/mol. The second-order valence-electron chi connectivity index (χ2n) is 3.86. The molecule has 0 fully saturated rings. The molecular formula is C14H10FN3O. The van der Waals surface area contributed by atoms with Crippen LogP contribution in [0.15, 0.2) is 42.6 Å². The van der Waals surface area contributed by atoms with E-state index in [1.807, 2.05) is 12.1 Å². The molecule has 0 saturated carbocycles. The quantitative estimate of drug-likeness (QED) is 0.853. The number of nitrogens with zero attached hydrogens (tertiary/aromatic N) is 2. The zero-order valence-electron chi connectivity index (χ0n) is 9.93. The summed E-state index contributed by atoms with van der Waals surface area (Å²) in [6, 6.07) is 11.5. The maximum absolute atomic E-state index is 12.6. The van der Waals surface area contributed by atoms with Gasteiger partial charge in [-0.15, -0.1) is 0 Å². The number of carbonyl (C=O) groups is 1. The summed E-state index contributed by atoms with van der Waals surface area (Å²) in [5, 5.41) is 11.4. The van der Waals surface area contributed by atoms with Crippen LogP contribution in [0.4, 0.5) is 4.39 Å². The number of hydrogen-bond acceptors (Lipinski definition) is 3. The third-order valence-electron chi connectivity index (χ3n) is 2.50. The Morgan fingerprint density at radius 3 is 2.89 bits per heavy atom. The third kappa shape index (κ3) is 3.36. The predicted molar refractivity (Wildman–Crippen MR) is 66.5 cm³/mol. The fourth-order valence-corrected chi connectivity index (χ4v) is 1.55. The van der Waals surface area contributed by atoms with E-state index in [2.05, 4.69) is 10.3 Å². The highest BCUT2D eigenvalue weighted by atomic mass is 19.1. The molecule has 94 valence electrons. The maximum atomic E-state index is 12.6. The van der Waals surface area contributed by atoms with E-state index < -0.39 is 5.95 Å². The number of carbonyl (C=O) groups excluding carboxylic acids is 1. The van der Waals surface area contributed by atoms with Gasteiger partial charge in [0.05, 0.1) is 17.2 Å². The number of pyridine rings is 1. The number of rotatable bonds is 3. The van der Waals surface area contributed by atoms with E-state index in [9.17, 15) is 9.18 Å². The predicted octanol–water partition coefficient (Wildman–Crippen LogP) is 2.02. The van der Waals surface area contributed by atoms with Crippen LogP contribution in [0.3, 0.4) is 0 Å². The van der Waals surface area contributed by atoms with Gasteiger partial charge < -0.3 is 5.32 Å². The van der Waals surface area contributed by atoms with E-state index in [1.54, 1.807) is 18.2 Å². The van der Waals surface area contributed by atoms with Gasteiger partial charge in [-0.05, 0) is 29.8 Å². The first kappa shape index (κ1) is 12.7. The lowest BCUT2D eigenvalue weighted by molar-refractivity contribution is 0.0950. The van der Waals surface area contributed by atoms with Crippen LogP contribution in [0.5, 0.6) is 0 Å². The summed E-state index contributed by atoms with van der Waals surface area (Å²) in [4.78, 5) is 15.2. The Labute approximate surface area is 109 Å². The Morgan fingerprint density at radius 2 is 2.21 bits per heavy atom. The van der Waals surface area contributed by atoms with Crippen molar-refractivity contribution >= 4 is 5.91 Å². The van der Waals surface area contributed by atoms with Crippen LogP contribution in [0.25, 0.3) is 0 Å². The molecule has 0 radical (unpaired) electrons. The van der Waals surface area contributed by atoms with Crippen molar-refractivity contribution in [3.05, 3.63) is 65.2 Å². The van der Waals surface area contributed by atoms with Crippen molar-refractivity contribution < 1.29 is 9.18 Å². The molecule has 0 bridgehead atoms. The summed E-state index contributed by atoms with van der Waals surface area (Å²) < 4.78 is 12.6. The van der Waals surface area contributed by atoms with Gasteiger partial charge in [-0.25, -0.2) is 4.98 Å². The SMILES string of the molecule is N#Cc1cccc(CNC(=O)c2ccc(F)nc2)c1. The summed E-state index contributed by atoms with van der Waals surface area (Å²) in [6.07, 6.45) is 1.18. The molecule has 0 aliphatic heterocycles. The molecule has 2 rings (SSSR count). The van der Waals surface area contributed by atoms with E-state index in [1.165, 1.54) is 12.3 Å². The zero-order valence-corrected chi connectivity index (χ0v) is 9.93. The van der Waals surface area contributed by atoms with Crippen LogP contribution in [-0.2, 0) is 6.54 Å². The van der Waals surface area contributed by atoms with E-state index in [0.717, 1.165) is 11.6 Å². The Balaban J connectivity index is 2.00. The van der Waals surface area contributed by atoms with Crippen molar-refractivity contribution in [2.75, 3.05) is 0 Å². The van der Waals surface area contributed by atoms with Crippen molar-refractivity contribution in [2.45, 2.75) is 6.54 Å². The lowest BCUT2D eigenvalue weighted by atomic mass is 10.1. The molecule has 0 aliphatic carbocycles. The minimum Gasteiger partial charge on any atom is -0.348 e. The molecule has 0 spiro atoms. The molecule has 0 aliphatic rings. The van der Waals surface area contributed by atoms with Crippen molar-refractivity contribution in [3.8, 4) is 6.07 Å². The standard InChI is InChI=1S/C14H10FN3O/c15-13-5-4-12(9-17-13)14(19)18-8-11-3-1-2-10(6-11)7-16/h1-6,9H,8H2,(H,18,19). The van der Waals surface area contributed by atoms with Crippen LogP contribution in [-0.4, -0.2) is 10.9 Å². The van der Waals surface area contributed by atoms with E-state index in [0.29, 0.717) is 12.1 Å². The summed E-state index contributed by atoms with van der Waals surface area (Å²) in [7, 11) is 0. The Bertz CT molecular complexity index is 632. The van der Waals surface area contributed by atoms with Crippen LogP contribution in [0.1, 0.15) is 21.5 Å². The minimum absolute atomic E-state index is 0.290. The van der Waals surface area contributed by atoms with Gasteiger partial charge in [0.15, 0.2) is 0 Å². The molecule has 0 saturated heterocycles. The topological polar surface area (TPSA) is 65.8 Å². The highest BCUT2D eigenvalue weighted by molar-refractivity contribution is 5.93. The lowest BCUT2D eigenvalue weighted by Crippen LogP contribution is -2.23. The summed E-state index contributed by atoms with van der Waals surface area (Å²) in [5.41, 5.74) is 1.65. The molecule has 0 unspecified atom stereocenters. The third-order valence-corrected chi connectivity index (χ3v) is 2.50. The molecule has 1 N–H and O–H groups in total. The van der Waals surface area contributed by atoms with Crippen molar-refractivity contribution in [1.82, 2.24) is 10.3 Å². The monoisotopic (exact) mass is 255 g/mol. The summed E-state index contributed by atoms with van der Waals surface area (Å²) >= 11 is 0. The molecule has 1 heterocycles. The van der Waals surface area contributed by atoms with Gasteiger partial charge in [0.1, 0.15) is 0 Å². The molecule has 19 heavy (non-hydrogen) atoms. The molecule has 0 atom stereocenters. The number of benzene rings is 1. The van der Waals surface area contributed by atoms with Crippen molar-refractivity contribution in [2.24, 2.45) is 0 Å². The van der Waals surface area contributed by atoms with E-state index in [-0.39, 0.29) is 11.5 Å². The van der Waals surface area contributed by atoms with Crippen LogP contribution >= 0.6 is 0 Å². The fourth-order valence-electron chi connectivity index (χ4n) is 1.55.